The van der Waals surface area contributed by atoms with Crippen LogP contribution in [0.5, 0.6) is 0 Å². The lowest BCUT2D eigenvalue weighted by atomic mass is 10.0. The molecule has 1 aromatic rings. The Morgan fingerprint density at radius 1 is 1.33 bits per heavy atom. The molecule has 0 aliphatic carbocycles. The van der Waals surface area contributed by atoms with Crippen LogP contribution in [0.25, 0.3) is 0 Å². The maximum Gasteiger partial charge on any atom is 0.310 e. The van der Waals surface area contributed by atoms with Gasteiger partial charge in [0.25, 0.3) is 0 Å². The minimum atomic E-state index is -0.300. The quantitative estimate of drug-likeness (QED) is 0.455. The van der Waals surface area contributed by atoms with Crippen LogP contribution in [0.15, 0.2) is 22.7 Å². The number of benzene rings is 1. The van der Waals surface area contributed by atoms with Crippen LogP contribution in [0.3, 0.4) is 0 Å². The number of carbonyl (C=O) groups excluding carboxylic acids is 2. The molecule has 0 fully saturated rings. The zero-order valence-electron chi connectivity index (χ0n) is 10.0. The third-order valence-corrected chi connectivity index (χ3v) is 2.90. The summed E-state index contributed by atoms with van der Waals surface area (Å²) in [5, 5.41) is 0. The van der Waals surface area contributed by atoms with E-state index in [-0.39, 0.29) is 24.6 Å². The summed E-state index contributed by atoms with van der Waals surface area (Å²) in [5.41, 5.74) is 1.31. The molecule has 0 radical (unpaired) electrons. The highest BCUT2D eigenvalue weighted by molar-refractivity contribution is 9.10. The topological polar surface area (TPSA) is 43.4 Å². The summed E-state index contributed by atoms with van der Waals surface area (Å²) in [7, 11) is 0. The lowest BCUT2D eigenvalue weighted by Gasteiger charge is -2.06. The van der Waals surface area contributed by atoms with E-state index >= 15 is 0 Å². The number of Topliss-reactive ketones (excluding diaryl/α,β-unsaturated/α-hetero) is 1. The second-order valence-electron chi connectivity index (χ2n) is 3.69. The van der Waals surface area contributed by atoms with E-state index in [1.165, 1.54) is 0 Å². The van der Waals surface area contributed by atoms with Gasteiger partial charge in [0.1, 0.15) is 0 Å². The molecule has 98 valence electrons. The van der Waals surface area contributed by atoms with Gasteiger partial charge in [0.2, 0.25) is 0 Å². The van der Waals surface area contributed by atoms with E-state index in [0.29, 0.717) is 18.1 Å². The van der Waals surface area contributed by atoms with Gasteiger partial charge in [-0.3, -0.25) is 9.59 Å². The van der Waals surface area contributed by atoms with Crippen molar-refractivity contribution in [2.75, 3.05) is 12.5 Å². The first-order chi connectivity index (χ1) is 8.56. The number of carbonyl (C=O) groups is 2. The highest BCUT2D eigenvalue weighted by Crippen LogP contribution is 2.18. The molecule has 0 saturated carbocycles. The fraction of sp³-hybridized carbons (Fsp3) is 0.385. The SMILES string of the molecule is CCOC(=O)Cc1cc(Br)cc(C(=O)CCCl)c1. The van der Waals surface area contributed by atoms with Gasteiger partial charge < -0.3 is 4.74 Å². The molecule has 0 aromatic heterocycles. The molecule has 0 bridgehead atoms. The summed E-state index contributed by atoms with van der Waals surface area (Å²) in [6, 6.07) is 5.23. The molecule has 3 nitrogen and oxygen atoms in total. The van der Waals surface area contributed by atoms with Crippen molar-refractivity contribution < 1.29 is 14.3 Å². The van der Waals surface area contributed by atoms with Gasteiger partial charge in [-0.2, -0.15) is 0 Å². The Morgan fingerprint density at radius 3 is 2.67 bits per heavy atom. The highest BCUT2D eigenvalue weighted by atomic mass is 79.9. The second-order valence-corrected chi connectivity index (χ2v) is 4.99. The summed E-state index contributed by atoms with van der Waals surface area (Å²) in [5.74, 6) is -0.0406. The number of hydrogen-bond donors (Lipinski definition) is 0. The average Bonchev–Trinajstić information content (AvgIpc) is 2.28. The number of alkyl halides is 1. The van der Waals surface area contributed by atoms with Crippen LogP contribution in [0.4, 0.5) is 0 Å². The lowest BCUT2D eigenvalue weighted by Crippen LogP contribution is -2.08. The first kappa shape index (κ1) is 15.2. The van der Waals surface area contributed by atoms with Crippen LogP contribution in [0.2, 0.25) is 0 Å². The second kappa shape index (κ2) is 7.54. The number of hydrogen-bond acceptors (Lipinski definition) is 3. The molecule has 0 heterocycles. The van der Waals surface area contributed by atoms with Gasteiger partial charge in [-0.05, 0) is 30.7 Å². The van der Waals surface area contributed by atoms with Gasteiger partial charge in [-0.15, -0.1) is 11.6 Å². The zero-order chi connectivity index (χ0) is 13.5. The van der Waals surface area contributed by atoms with Gasteiger partial charge >= 0.3 is 5.97 Å². The van der Waals surface area contributed by atoms with E-state index in [0.717, 1.165) is 10.0 Å². The molecule has 0 saturated heterocycles. The summed E-state index contributed by atoms with van der Waals surface area (Å²) in [4.78, 5) is 23.1. The summed E-state index contributed by atoms with van der Waals surface area (Å²) in [6.07, 6.45) is 0.450. The van der Waals surface area contributed by atoms with Crippen molar-refractivity contribution in [1.82, 2.24) is 0 Å². The molecule has 0 spiro atoms. The lowest BCUT2D eigenvalue weighted by molar-refractivity contribution is -0.142. The Balaban J connectivity index is 2.87. The van der Waals surface area contributed by atoms with E-state index in [2.05, 4.69) is 15.9 Å². The Morgan fingerprint density at radius 2 is 2.06 bits per heavy atom. The minimum absolute atomic E-state index is 0.0311. The molecule has 0 N–H and O–H groups in total. The first-order valence-corrected chi connectivity index (χ1v) is 6.93. The average molecular weight is 334 g/mol. The van der Waals surface area contributed by atoms with Crippen molar-refractivity contribution in [3.05, 3.63) is 33.8 Å². The number of ketones is 1. The Hall–Kier alpha value is -0.870. The standard InChI is InChI=1S/C13H14BrClO3/c1-2-18-13(17)7-9-5-10(8-11(14)6-9)12(16)3-4-15/h5-6,8H,2-4,7H2,1H3. The molecule has 0 aliphatic heterocycles. The van der Waals surface area contributed by atoms with Crippen LogP contribution in [-0.2, 0) is 16.0 Å². The largest absolute Gasteiger partial charge is 0.466 e. The highest BCUT2D eigenvalue weighted by Gasteiger charge is 2.10. The normalized spacial score (nSPS) is 10.2. The maximum absolute atomic E-state index is 11.7. The molecule has 1 aromatic carbocycles. The predicted molar refractivity (Wildman–Crippen MR) is 74.1 cm³/mol. The van der Waals surface area contributed by atoms with E-state index in [1.807, 2.05) is 0 Å². The zero-order valence-corrected chi connectivity index (χ0v) is 12.4. The van der Waals surface area contributed by atoms with Crippen molar-refractivity contribution in [2.24, 2.45) is 0 Å². The van der Waals surface area contributed by atoms with E-state index in [1.54, 1.807) is 25.1 Å². The van der Waals surface area contributed by atoms with Crippen molar-refractivity contribution in [1.29, 1.82) is 0 Å². The predicted octanol–water partition coefficient (Wildman–Crippen LogP) is 3.37. The van der Waals surface area contributed by atoms with Crippen molar-refractivity contribution in [3.8, 4) is 0 Å². The smallest absolute Gasteiger partial charge is 0.310 e. The minimum Gasteiger partial charge on any atom is -0.466 e. The van der Waals surface area contributed by atoms with Gasteiger partial charge in [-0.25, -0.2) is 0 Å². The molecule has 18 heavy (non-hydrogen) atoms. The Labute approximate surface area is 120 Å². The molecular weight excluding hydrogens is 319 g/mol. The van der Waals surface area contributed by atoms with Crippen LogP contribution >= 0.6 is 27.5 Å². The van der Waals surface area contributed by atoms with E-state index < -0.39 is 0 Å². The number of rotatable bonds is 6. The number of esters is 1. The summed E-state index contributed by atoms with van der Waals surface area (Å²) in [6.45, 7) is 2.11. The summed E-state index contributed by atoms with van der Waals surface area (Å²) < 4.78 is 5.64. The van der Waals surface area contributed by atoms with Crippen molar-refractivity contribution >= 4 is 39.3 Å². The third-order valence-electron chi connectivity index (χ3n) is 2.25. The van der Waals surface area contributed by atoms with Crippen LogP contribution in [-0.4, -0.2) is 24.2 Å². The fourth-order valence-corrected chi connectivity index (χ4v) is 2.23. The molecule has 0 unspecified atom stereocenters. The Bertz CT molecular complexity index is 446. The third kappa shape index (κ3) is 4.78. The van der Waals surface area contributed by atoms with Gasteiger partial charge in [0.05, 0.1) is 13.0 Å². The molecule has 5 heteroatoms. The first-order valence-electron chi connectivity index (χ1n) is 5.61. The maximum atomic E-state index is 11.7. The monoisotopic (exact) mass is 332 g/mol. The molecule has 0 amide bonds. The molecule has 0 aliphatic rings. The van der Waals surface area contributed by atoms with Crippen LogP contribution in [0, 0.1) is 0 Å². The molecule has 0 atom stereocenters. The van der Waals surface area contributed by atoms with Gasteiger partial charge in [0.15, 0.2) is 5.78 Å². The molecule has 1 rings (SSSR count). The fourth-order valence-electron chi connectivity index (χ4n) is 1.52. The summed E-state index contributed by atoms with van der Waals surface area (Å²) >= 11 is 8.87. The van der Waals surface area contributed by atoms with Crippen molar-refractivity contribution in [3.63, 3.8) is 0 Å². The van der Waals surface area contributed by atoms with Crippen molar-refractivity contribution in [2.45, 2.75) is 19.8 Å². The van der Waals surface area contributed by atoms with Crippen LogP contribution in [0.1, 0.15) is 29.3 Å². The Kier molecular flexibility index (Phi) is 6.36. The number of ether oxygens (including phenoxy) is 1. The van der Waals surface area contributed by atoms with E-state index in [4.69, 9.17) is 16.3 Å². The van der Waals surface area contributed by atoms with Crippen LogP contribution < -0.4 is 0 Å². The van der Waals surface area contributed by atoms with Gasteiger partial charge in [0, 0.05) is 22.3 Å². The van der Waals surface area contributed by atoms with E-state index in [9.17, 15) is 9.59 Å². The number of halogens is 2. The van der Waals surface area contributed by atoms with Gasteiger partial charge in [-0.1, -0.05) is 15.9 Å². The molecular formula is C13H14BrClO3.